The molecule has 7 nitrogen and oxygen atoms in total. The highest BCUT2D eigenvalue weighted by atomic mass is 16.5. The molecule has 0 bridgehead atoms. The fourth-order valence-corrected chi connectivity index (χ4v) is 3.65. The summed E-state index contributed by atoms with van der Waals surface area (Å²) in [7, 11) is 0. The molecular formula is C25H22N2O5. The summed E-state index contributed by atoms with van der Waals surface area (Å²) in [6, 6.07) is 21.1. The molecule has 0 radical (unpaired) electrons. The molecular weight excluding hydrogens is 408 g/mol. The summed E-state index contributed by atoms with van der Waals surface area (Å²) < 4.78 is 7.58. The average Bonchev–Trinajstić information content (AvgIpc) is 2.81. The molecule has 162 valence electrons. The fraction of sp³-hybridized carbons (Fsp3) is 0.160. The summed E-state index contributed by atoms with van der Waals surface area (Å²) in [6.07, 6.45) is 0. The van der Waals surface area contributed by atoms with Crippen molar-refractivity contribution in [3.8, 4) is 5.75 Å². The smallest absolute Gasteiger partial charge is 0.341 e. The second kappa shape index (κ2) is 8.93. The van der Waals surface area contributed by atoms with E-state index in [1.54, 1.807) is 6.92 Å². The van der Waals surface area contributed by atoms with Crippen molar-refractivity contribution in [1.82, 2.24) is 9.13 Å². The van der Waals surface area contributed by atoms with Gasteiger partial charge in [0.2, 0.25) is 0 Å². The van der Waals surface area contributed by atoms with Crippen molar-refractivity contribution in [1.29, 1.82) is 0 Å². The third kappa shape index (κ3) is 4.05. The standard InChI is InChI=1S/C25H22N2O5/c1-2-32-24(30)20-13-19-21(14-22(20)28)26(15-17-9-5-3-6-10-17)25(31)27(23(19)29)16-18-11-7-4-8-12-18/h3-14,28H,2,15-16H2,1H3. The molecule has 0 aliphatic carbocycles. The normalized spacial score (nSPS) is 10.9. The second-order valence-corrected chi connectivity index (χ2v) is 7.34. The maximum atomic E-state index is 13.4. The zero-order valence-electron chi connectivity index (χ0n) is 17.5. The van der Waals surface area contributed by atoms with Crippen molar-refractivity contribution < 1.29 is 14.6 Å². The van der Waals surface area contributed by atoms with E-state index in [4.69, 9.17) is 4.74 Å². The Morgan fingerprint density at radius 2 is 1.44 bits per heavy atom. The van der Waals surface area contributed by atoms with Crippen molar-refractivity contribution in [2.75, 3.05) is 6.61 Å². The van der Waals surface area contributed by atoms with Crippen LogP contribution in [0.1, 0.15) is 28.4 Å². The Morgan fingerprint density at radius 1 is 0.875 bits per heavy atom. The number of carbonyl (C=O) groups excluding carboxylic acids is 1. The highest BCUT2D eigenvalue weighted by Gasteiger charge is 2.20. The Morgan fingerprint density at radius 3 is 2.00 bits per heavy atom. The highest BCUT2D eigenvalue weighted by Crippen LogP contribution is 2.24. The molecule has 0 amide bonds. The van der Waals surface area contributed by atoms with E-state index in [9.17, 15) is 19.5 Å². The summed E-state index contributed by atoms with van der Waals surface area (Å²) in [5.74, 6) is -1.08. The Kier molecular flexibility index (Phi) is 5.89. The minimum atomic E-state index is -0.735. The Bertz CT molecular complexity index is 1390. The number of fused-ring (bicyclic) bond motifs is 1. The van der Waals surface area contributed by atoms with Gasteiger partial charge in [0.05, 0.1) is 30.6 Å². The molecule has 4 aromatic rings. The predicted molar refractivity (Wildman–Crippen MR) is 121 cm³/mol. The van der Waals surface area contributed by atoms with E-state index < -0.39 is 17.2 Å². The van der Waals surface area contributed by atoms with Crippen LogP contribution in [0.4, 0.5) is 0 Å². The zero-order valence-corrected chi connectivity index (χ0v) is 17.5. The SMILES string of the molecule is CCOC(=O)c1cc2c(=O)n(Cc3ccccc3)c(=O)n(Cc3ccccc3)c2cc1O. The number of benzene rings is 3. The highest BCUT2D eigenvalue weighted by molar-refractivity contribution is 5.97. The van der Waals surface area contributed by atoms with Crippen LogP contribution < -0.4 is 11.2 Å². The number of hydrogen-bond acceptors (Lipinski definition) is 5. The van der Waals surface area contributed by atoms with Crippen LogP contribution in [0.5, 0.6) is 5.75 Å². The number of carbonyl (C=O) groups is 1. The zero-order chi connectivity index (χ0) is 22.7. The molecule has 0 unspecified atom stereocenters. The molecule has 32 heavy (non-hydrogen) atoms. The van der Waals surface area contributed by atoms with E-state index >= 15 is 0 Å². The lowest BCUT2D eigenvalue weighted by atomic mass is 10.1. The number of aromatic nitrogens is 2. The summed E-state index contributed by atoms with van der Waals surface area (Å²) >= 11 is 0. The van der Waals surface area contributed by atoms with Crippen molar-refractivity contribution in [3.05, 3.63) is 110 Å². The monoisotopic (exact) mass is 430 g/mol. The summed E-state index contributed by atoms with van der Waals surface area (Å²) in [5.41, 5.74) is 0.741. The average molecular weight is 430 g/mol. The third-order valence-corrected chi connectivity index (χ3v) is 5.20. The third-order valence-electron chi connectivity index (χ3n) is 5.20. The molecule has 0 aliphatic heterocycles. The van der Waals surface area contributed by atoms with Crippen LogP contribution >= 0.6 is 0 Å². The molecule has 0 saturated heterocycles. The molecule has 4 rings (SSSR count). The van der Waals surface area contributed by atoms with Crippen molar-refractivity contribution >= 4 is 16.9 Å². The Labute approximate surface area is 183 Å². The van der Waals surface area contributed by atoms with Gasteiger partial charge in [-0.15, -0.1) is 0 Å². The number of hydrogen-bond donors (Lipinski definition) is 1. The predicted octanol–water partition coefficient (Wildman–Crippen LogP) is 3.14. The molecule has 0 fully saturated rings. The van der Waals surface area contributed by atoms with E-state index in [-0.39, 0.29) is 41.9 Å². The number of phenolic OH excluding ortho intramolecular Hbond substituents is 1. The first-order chi connectivity index (χ1) is 15.5. The minimum Gasteiger partial charge on any atom is -0.507 e. The fourth-order valence-electron chi connectivity index (χ4n) is 3.65. The van der Waals surface area contributed by atoms with Crippen LogP contribution in [0.3, 0.4) is 0 Å². The molecule has 1 aromatic heterocycles. The van der Waals surface area contributed by atoms with Crippen LogP contribution in [-0.4, -0.2) is 26.8 Å². The van der Waals surface area contributed by atoms with E-state index in [2.05, 4.69) is 0 Å². The molecule has 0 spiro atoms. The molecule has 1 N–H and O–H groups in total. The topological polar surface area (TPSA) is 90.5 Å². The molecule has 1 heterocycles. The molecule has 3 aromatic carbocycles. The van der Waals surface area contributed by atoms with Crippen molar-refractivity contribution in [3.63, 3.8) is 0 Å². The summed E-state index contributed by atoms with van der Waals surface area (Å²) in [4.78, 5) is 39.0. The van der Waals surface area contributed by atoms with E-state index in [1.807, 2.05) is 60.7 Å². The lowest BCUT2D eigenvalue weighted by Crippen LogP contribution is -2.40. The first-order valence-corrected chi connectivity index (χ1v) is 10.2. The maximum Gasteiger partial charge on any atom is 0.341 e. The largest absolute Gasteiger partial charge is 0.507 e. The Hall–Kier alpha value is -4.13. The van der Waals surface area contributed by atoms with Gasteiger partial charge in [-0.25, -0.2) is 9.59 Å². The first-order valence-electron chi connectivity index (χ1n) is 10.2. The van der Waals surface area contributed by atoms with E-state index in [1.165, 1.54) is 16.7 Å². The van der Waals surface area contributed by atoms with Gasteiger partial charge in [-0.2, -0.15) is 0 Å². The first kappa shape index (κ1) is 21.1. The van der Waals surface area contributed by atoms with Gasteiger partial charge in [0, 0.05) is 6.07 Å². The van der Waals surface area contributed by atoms with Gasteiger partial charge in [-0.05, 0) is 24.1 Å². The maximum absolute atomic E-state index is 13.4. The number of esters is 1. The van der Waals surface area contributed by atoms with Gasteiger partial charge in [-0.1, -0.05) is 60.7 Å². The lowest BCUT2D eigenvalue weighted by molar-refractivity contribution is 0.0523. The second-order valence-electron chi connectivity index (χ2n) is 7.34. The lowest BCUT2D eigenvalue weighted by Gasteiger charge is -2.16. The van der Waals surface area contributed by atoms with Crippen LogP contribution in [0.15, 0.2) is 82.4 Å². The van der Waals surface area contributed by atoms with Crippen LogP contribution in [0.25, 0.3) is 10.9 Å². The summed E-state index contributed by atoms with van der Waals surface area (Å²) in [5, 5.41) is 10.6. The van der Waals surface area contributed by atoms with E-state index in [0.717, 1.165) is 15.7 Å². The number of rotatable bonds is 6. The van der Waals surface area contributed by atoms with Crippen molar-refractivity contribution in [2.45, 2.75) is 20.0 Å². The van der Waals surface area contributed by atoms with Crippen LogP contribution in [0, 0.1) is 0 Å². The van der Waals surface area contributed by atoms with Crippen LogP contribution in [-0.2, 0) is 17.8 Å². The van der Waals surface area contributed by atoms with Gasteiger partial charge in [-0.3, -0.25) is 13.9 Å². The number of ether oxygens (including phenoxy) is 1. The Balaban J connectivity index is 1.98. The number of phenols is 1. The van der Waals surface area contributed by atoms with Gasteiger partial charge < -0.3 is 9.84 Å². The summed E-state index contributed by atoms with van der Waals surface area (Å²) in [6.45, 7) is 2.06. The van der Waals surface area contributed by atoms with Crippen LogP contribution in [0.2, 0.25) is 0 Å². The molecule has 0 atom stereocenters. The van der Waals surface area contributed by atoms with Gasteiger partial charge in [0.25, 0.3) is 5.56 Å². The molecule has 7 heteroatoms. The number of aromatic hydroxyl groups is 1. The van der Waals surface area contributed by atoms with Gasteiger partial charge in [0.1, 0.15) is 11.3 Å². The number of nitrogens with zero attached hydrogens (tertiary/aromatic N) is 2. The van der Waals surface area contributed by atoms with Gasteiger partial charge in [0.15, 0.2) is 0 Å². The van der Waals surface area contributed by atoms with Gasteiger partial charge >= 0.3 is 11.7 Å². The quantitative estimate of drug-likeness (QED) is 0.475. The molecule has 0 aliphatic rings. The minimum absolute atomic E-state index is 0.0822. The van der Waals surface area contributed by atoms with E-state index in [0.29, 0.717) is 0 Å². The van der Waals surface area contributed by atoms with Crippen molar-refractivity contribution in [2.24, 2.45) is 0 Å². The molecule has 0 saturated carbocycles.